The van der Waals surface area contributed by atoms with Crippen molar-refractivity contribution < 1.29 is 19.1 Å². The second kappa shape index (κ2) is 9.72. The monoisotopic (exact) mass is 288 g/mol. The number of hydrogen-bond acceptors (Lipinski definition) is 5. The molecule has 6 heteroatoms. The third-order valence-electron chi connectivity index (χ3n) is 2.69. The van der Waals surface area contributed by atoms with Crippen LogP contribution >= 0.6 is 0 Å². The standard InChI is InChI=1S/C14H28N2O4/c1-9(2)6-12(14(18)20-10(3)4)16-13(17)7-11(8-15)19-5/h9-12H,6-8,15H2,1-5H3,(H,16,17)/t11?,12-/m0/s1. The summed E-state index contributed by atoms with van der Waals surface area (Å²) in [7, 11) is 1.50. The summed E-state index contributed by atoms with van der Waals surface area (Å²) in [5, 5.41) is 2.70. The van der Waals surface area contributed by atoms with Gasteiger partial charge in [0.15, 0.2) is 0 Å². The molecule has 0 aromatic carbocycles. The van der Waals surface area contributed by atoms with Crippen LogP contribution in [-0.2, 0) is 19.1 Å². The van der Waals surface area contributed by atoms with Gasteiger partial charge in [-0.1, -0.05) is 13.8 Å². The Bertz CT molecular complexity index is 302. The van der Waals surface area contributed by atoms with Gasteiger partial charge in [0.2, 0.25) is 5.91 Å². The van der Waals surface area contributed by atoms with Crippen LogP contribution in [0.1, 0.15) is 40.5 Å². The first-order valence-corrected chi connectivity index (χ1v) is 7.02. The molecule has 0 heterocycles. The molecule has 2 atom stereocenters. The minimum Gasteiger partial charge on any atom is -0.461 e. The van der Waals surface area contributed by atoms with Crippen molar-refractivity contribution in [2.45, 2.75) is 58.8 Å². The topological polar surface area (TPSA) is 90.6 Å². The van der Waals surface area contributed by atoms with Crippen LogP contribution in [0.2, 0.25) is 0 Å². The van der Waals surface area contributed by atoms with Crippen LogP contribution in [0.4, 0.5) is 0 Å². The van der Waals surface area contributed by atoms with Gasteiger partial charge >= 0.3 is 5.97 Å². The van der Waals surface area contributed by atoms with Crippen LogP contribution in [-0.4, -0.2) is 43.8 Å². The Morgan fingerprint density at radius 1 is 1.20 bits per heavy atom. The fourth-order valence-corrected chi connectivity index (χ4v) is 1.72. The SMILES string of the molecule is COC(CN)CC(=O)N[C@@H](CC(C)C)C(=O)OC(C)C. The molecular formula is C14H28N2O4. The minimum atomic E-state index is -0.625. The fourth-order valence-electron chi connectivity index (χ4n) is 1.72. The third kappa shape index (κ3) is 8.12. The number of esters is 1. The first kappa shape index (κ1) is 18.9. The van der Waals surface area contributed by atoms with Crippen molar-refractivity contribution in [1.29, 1.82) is 0 Å². The third-order valence-corrected chi connectivity index (χ3v) is 2.69. The average Bonchev–Trinajstić information content (AvgIpc) is 2.33. The lowest BCUT2D eigenvalue weighted by molar-refractivity contribution is -0.152. The molecule has 0 aliphatic rings. The lowest BCUT2D eigenvalue weighted by Crippen LogP contribution is -2.45. The van der Waals surface area contributed by atoms with Gasteiger partial charge in [-0.15, -0.1) is 0 Å². The van der Waals surface area contributed by atoms with E-state index < -0.39 is 12.0 Å². The normalized spacial score (nSPS) is 14.2. The molecule has 0 spiro atoms. The van der Waals surface area contributed by atoms with Crippen LogP contribution < -0.4 is 11.1 Å². The van der Waals surface area contributed by atoms with E-state index in [2.05, 4.69) is 5.32 Å². The number of carbonyl (C=O) groups excluding carboxylic acids is 2. The van der Waals surface area contributed by atoms with E-state index in [-0.39, 0.29) is 37.0 Å². The average molecular weight is 288 g/mol. The lowest BCUT2D eigenvalue weighted by atomic mass is 10.0. The predicted octanol–water partition coefficient (Wildman–Crippen LogP) is 0.833. The molecule has 0 aliphatic carbocycles. The smallest absolute Gasteiger partial charge is 0.328 e. The molecular weight excluding hydrogens is 260 g/mol. The van der Waals surface area contributed by atoms with Crippen molar-refractivity contribution in [2.24, 2.45) is 11.7 Å². The van der Waals surface area contributed by atoms with Crippen molar-refractivity contribution >= 4 is 11.9 Å². The van der Waals surface area contributed by atoms with Crippen molar-refractivity contribution in [2.75, 3.05) is 13.7 Å². The van der Waals surface area contributed by atoms with Crippen LogP contribution in [0.5, 0.6) is 0 Å². The first-order valence-electron chi connectivity index (χ1n) is 7.02. The maximum absolute atomic E-state index is 12.0. The number of amides is 1. The summed E-state index contributed by atoms with van der Waals surface area (Å²) in [4.78, 5) is 23.9. The zero-order chi connectivity index (χ0) is 15.7. The van der Waals surface area contributed by atoms with Gasteiger partial charge in [0.1, 0.15) is 6.04 Å². The Morgan fingerprint density at radius 3 is 2.20 bits per heavy atom. The van der Waals surface area contributed by atoms with Crippen LogP contribution in [0.15, 0.2) is 0 Å². The second-order valence-electron chi connectivity index (χ2n) is 5.53. The molecule has 0 aliphatic heterocycles. The Hall–Kier alpha value is -1.14. The van der Waals surface area contributed by atoms with E-state index in [9.17, 15) is 9.59 Å². The highest BCUT2D eigenvalue weighted by Crippen LogP contribution is 2.08. The molecule has 0 aromatic rings. The molecule has 0 aromatic heterocycles. The van der Waals surface area contributed by atoms with E-state index in [0.29, 0.717) is 6.42 Å². The van der Waals surface area contributed by atoms with Gasteiger partial charge in [0.25, 0.3) is 0 Å². The van der Waals surface area contributed by atoms with Crippen LogP contribution in [0.3, 0.4) is 0 Å². The summed E-state index contributed by atoms with van der Waals surface area (Å²) >= 11 is 0. The molecule has 0 fully saturated rings. The molecule has 20 heavy (non-hydrogen) atoms. The molecule has 0 saturated heterocycles. The number of rotatable bonds is 9. The fraction of sp³-hybridized carbons (Fsp3) is 0.857. The van der Waals surface area contributed by atoms with Gasteiger partial charge in [-0.05, 0) is 26.2 Å². The van der Waals surface area contributed by atoms with E-state index in [1.165, 1.54) is 7.11 Å². The van der Waals surface area contributed by atoms with Crippen LogP contribution in [0.25, 0.3) is 0 Å². The Balaban J connectivity index is 4.55. The van der Waals surface area contributed by atoms with Gasteiger partial charge in [0.05, 0.1) is 18.6 Å². The molecule has 3 N–H and O–H groups in total. The maximum atomic E-state index is 12.0. The quantitative estimate of drug-likeness (QED) is 0.613. The van der Waals surface area contributed by atoms with Gasteiger partial charge in [0, 0.05) is 13.7 Å². The molecule has 0 rings (SSSR count). The van der Waals surface area contributed by atoms with E-state index in [4.69, 9.17) is 15.2 Å². The summed E-state index contributed by atoms with van der Waals surface area (Å²) in [6.07, 6.45) is 0.134. The van der Waals surface area contributed by atoms with Gasteiger partial charge in [-0.3, -0.25) is 4.79 Å². The zero-order valence-electron chi connectivity index (χ0n) is 13.1. The highest BCUT2D eigenvalue weighted by molar-refractivity contribution is 5.84. The van der Waals surface area contributed by atoms with Gasteiger partial charge in [-0.2, -0.15) is 0 Å². The molecule has 1 unspecified atom stereocenters. The molecule has 118 valence electrons. The molecule has 6 nitrogen and oxygen atoms in total. The highest BCUT2D eigenvalue weighted by Gasteiger charge is 2.25. The van der Waals surface area contributed by atoms with E-state index >= 15 is 0 Å². The number of carbonyl (C=O) groups is 2. The zero-order valence-corrected chi connectivity index (χ0v) is 13.1. The summed E-state index contributed by atoms with van der Waals surface area (Å²) in [5.41, 5.74) is 5.47. The van der Waals surface area contributed by atoms with E-state index in [0.717, 1.165) is 0 Å². The highest BCUT2D eigenvalue weighted by atomic mass is 16.5. The van der Waals surface area contributed by atoms with E-state index in [1.54, 1.807) is 13.8 Å². The van der Waals surface area contributed by atoms with Crippen molar-refractivity contribution in [1.82, 2.24) is 5.32 Å². The lowest BCUT2D eigenvalue weighted by Gasteiger charge is -2.21. The summed E-state index contributed by atoms with van der Waals surface area (Å²) in [6.45, 7) is 7.79. The van der Waals surface area contributed by atoms with Crippen LogP contribution in [0, 0.1) is 5.92 Å². The molecule has 0 bridgehead atoms. The van der Waals surface area contributed by atoms with Crippen molar-refractivity contribution in [3.8, 4) is 0 Å². The maximum Gasteiger partial charge on any atom is 0.328 e. The summed E-state index contributed by atoms with van der Waals surface area (Å²) < 4.78 is 10.2. The van der Waals surface area contributed by atoms with Crippen molar-refractivity contribution in [3.63, 3.8) is 0 Å². The second-order valence-corrected chi connectivity index (χ2v) is 5.53. The number of nitrogens with two attached hydrogens (primary N) is 1. The number of methoxy groups -OCH3 is 1. The number of ether oxygens (including phenoxy) is 2. The number of hydrogen-bond donors (Lipinski definition) is 2. The van der Waals surface area contributed by atoms with E-state index in [1.807, 2.05) is 13.8 Å². The summed E-state index contributed by atoms with van der Waals surface area (Å²) in [5.74, 6) is -0.384. The first-order chi connectivity index (χ1) is 9.29. The number of nitrogens with one attached hydrogen (secondary N) is 1. The molecule has 0 saturated carbocycles. The van der Waals surface area contributed by atoms with Crippen molar-refractivity contribution in [3.05, 3.63) is 0 Å². The predicted molar refractivity (Wildman–Crippen MR) is 77.1 cm³/mol. The molecule has 1 amide bonds. The van der Waals surface area contributed by atoms with Gasteiger partial charge < -0.3 is 20.5 Å². The minimum absolute atomic E-state index is 0.135. The Labute approximate surface area is 121 Å². The summed E-state index contributed by atoms with van der Waals surface area (Å²) in [6, 6.07) is -0.625. The largest absolute Gasteiger partial charge is 0.461 e. The Kier molecular flexibility index (Phi) is 9.16. The molecule has 0 radical (unpaired) electrons. The van der Waals surface area contributed by atoms with Gasteiger partial charge in [-0.25, -0.2) is 4.79 Å². The Morgan fingerprint density at radius 2 is 1.80 bits per heavy atom.